The lowest BCUT2D eigenvalue weighted by molar-refractivity contribution is 0.483. The van der Waals surface area contributed by atoms with E-state index in [0.717, 1.165) is 40.7 Å². The van der Waals surface area contributed by atoms with Crippen molar-refractivity contribution in [3.05, 3.63) is 157 Å². The average Bonchev–Trinajstić information content (AvgIpc) is 3.72. The van der Waals surface area contributed by atoms with Gasteiger partial charge in [-0.25, -0.2) is 4.98 Å². The molecule has 0 radical (unpaired) electrons. The summed E-state index contributed by atoms with van der Waals surface area (Å²) in [4.78, 5) is 9.37. The fourth-order valence-electron chi connectivity index (χ4n) is 6.60. The Kier molecular flexibility index (Phi) is 7.25. The first-order chi connectivity index (χ1) is 23.3. The number of aryl methyl sites for hydroxylation is 1. The Bertz CT molecular complexity index is 2310. The van der Waals surface area contributed by atoms with Crippen molar-refractivity contribution in [3.63, 3.8) is 0 Å². The molecule has 0 amide bonds. The lowest BCUT2D eigenvalue weighted by Crippen LogP contribution is -2.25. The fraction of sp³-hybridized carbons (Fsp3) is 0.140. The van der Waals surface area contributed by atoms with Crippen LogP contribution in [0.3, 0.4) is 0 Å². The van der Waals surface area contributed by atoms with Crippen LogP contribution < -0.4 is 14.5 Å². The van der Waals surface area contributed by atoms with Crippen LogP contribution in [0, 0.1) is 6.92 Å². The van der Waals surface area contributed by atoms with Crippen molar-refractivity contribution in [1.82, 2.24) is 9.55 Å². The molecule has 0 atom stereocenters. The zero-order valence-electron chi connectivity index (χ0n) is 27.8. The summed E-state index contributed by atoms with van der Waals surface area (Å²) in [5, 5.41) is 2.36. The van der Waals surface area contributed by atoms with Gasteiger partial charge in [-0.1, -0.05) is 87.5 Å². The summed E-state index contributed by atoms with van der Waals surface area (Å²) in [6.45, 7) is 9.59. The molecule has 0 saturated heterocycles. The van der Waals surface area contributed by atoms with Crippen LogP contribution in [0.15, 0.2) is 146 Å². The molecule has 0 N–H and O–H groups in total. The highest BCUT2D eigenvalue weighted by molar-refractivity contribution is 6.09. The Balaban J connectivity index is 1.08. The Morgan fingerprint density at radius 1 is 0.625 bits per heavy atom. The van der Waals surface area contributed by atoms with Gasteiger partial charge in [0.15, 0.2) is 0 Å². The van der Waals surface area contributed by atoms with E-state index in [1.807, 2.05) is 12.3 Å². The molecule has 48 heavy (non-hydrogen) atoms. The van der Waals surface area contributed by atoms with Gasteiger partial charge in [0.2, 0.25) is 0 Å². The number of nitrogens with zero attached hydrogens (tertiary/aromatic N) is 4. The molecular weight excluding hydrogens is 589 g/mol. The number of aromatic nitrogens is 2. The van der Waals surface area contributed by atoms with Crippen molar-refractivity contribution in [1.29, 1.82) is 0 Å². The second-order valence-electron chi connectivity index (χ2n) is 13.5. The number of benzene rings is 5. The smallest absolute Gasteiger partial charge is 0.137 e. The molecule has 8 rings (SSSR count). The minimum absolute atomic E-state index is 0.0162. The van der Waals surface area contributed by atoms with Crippen LogP contribution in [0.25, 0.3) is 38.8 Å². The molecule has 3 heterocycles. The van der Waals surface area contributed by atoms with Gasteiger partial charge < -0.3 is 14.5 Å². The first-order valence-corrected chi connectivity index (χ1v) is 16.5. The van der Waals surface area contributed by atoms with E-state index >= 15 is 0 Å². The minimum atomic E-state index is 0.0162. The van der Waals surface area contributed by atoms with Crippen molar-refractivity contribution < 1.29 is 4.74 Å². The minimum Gasteiger partial charge on any atom is -0.457 e. The van der Waals surface area contributed by atoms with Crippen LogP contribution in [-0.4, -0.2) is 16.2 Å². The molecule has 1 aliphatic heterocycles. The van der Waals surface area contributed by atoms with E-state index in [9.17, 15) is 0 Å². The topological polar surface area (TPSA) is 33.5 Å². The first-order valence-electron chi connectivity index (χ1n) is 16.5. The molecule has 0 unspecified atom stereocenters. The number of hydrogen-bond donors (Lipinski definition) is 0. The first kappa shape index (κ1) is 29.6. The Morgan fingerprint density at radius 2 is 1.40 bits per heavy atom. The maximum Gasteiger partial charge on any atom is 0.137 e. The summed E-state index contributed by atoms with van der Waals surface area (Å²) >= 11 is 0. The van der Waals surface area contributed by atoms with E-state index in [4.69, 9.17) is 9.72 Å². The highest BCUT2D eigenvalue weighted by Crippen LogP contribution is 2.37. The van der Waals surface area contributed by atoms with E-state index < -0.39 is 0 Å². The number of fused-ring (bicyclic) bond motifs is 3. The van der Waals surface area contributed by atoms with Gasteiger partial charge in [0.05, 0.1) is 17.7 Å². The van der Waals surface area contributed by atoms with Crippen molar-refractivity contribution in [2.75, 3.05) is 16.5 Å². The van der Waals surface area contributed by atoms with Crippen molar-refractivity contribution in [2.45, 2.75) is 33.1 Å². The van der Waals surface area contributed by atoms with Crippen molar-refractivity contribution in [2.24, 2.45) is 0 Å². The van der Waals surface area contributed by atoms with E-state index in [1.165, 1.54) is 38.7 Å². The standard InChI is InChI=1S/C43H38N4O/c1-30-17-18-32(31-11-6-5-7-12-31)25-40(30)46-24-23-45(29-46)34-13-10-14-35(27-34)48-36-19-20-38-37-15-8-9-16-39(37)47(41(38)28-36)42-26-33(21-22-44-42)43(2,3)4/h5-28H,29H2,1-4H3. The monoisotopic (exact) mass is 626 g/mol. The molecule has 0 bridgehead atoms. The molecule has 236 valence electrons. The third kappa shape index (κ3) is 5.47. The molecule has 5 nitrogen and oxygen atoms in total. The van der Waals surface area contributed by atoms with Gasteiger partial charge in [-0.3, -0.25) is 4.57 Å². The Morgan fingerprint density at radius 3 is 2.25 bits per heavy atom. The second-order valence-corrected chi connectivity index (χ2v) is 13.5. The zero-order valence-corrected chi connectivity index (χ0v) is 27.8. The highest BCUT2D eigenvalue weighted by Gasteiger charge is 2.20. The summed E-state index contributed by atoms with van der Waals surface area (Å²) in [6, 6.07) is 44.7. The lowest BCUT2D eigenvalue weighted by Gasteiger charge is -2.24. The molecule has 2 aromatic heterocycles. The summed E-state index contributed by atoms with van der Waals surface area (Å²) in [5.74, 6) is 2.47. The van der Waals surface area contributed by atoms with Gasteiger partial charge in [0.1, 0.15) is 17.3 Å². The van der Waals surface area contributed by atoms with E-state index in [0.29, 0.717) is 0 Å². The average molecular weight is 627 g/mol. The third-order valence-corrected chi connectivity index (χ3v) is 9.23. The number of para-hydroxylation sites is 1. The molecule has 5 heteroatoms. The van der Waals surface area contributed by atoms with E-state index in [1.54, 1.807) is 0 Å². The number of rotatable bonds is 6. The lowest BCUT2D eigenvalue weighted by atomic mass is 9.88. The van der Waals surface area contributed by atoms with Gasteiger partial charge >= 0.3 is 0 Å². The zero-order chi connectivity index (χ0) is 32.8. The highest BCUT2D eigenvalue weighted by atomic mass is 16.5. The molecule has 0 saturated carbocycles. The predicted octanol–water partition coefficient (Wildman–Crippen LogP) is 11.0. The summed E-state index contributed by atoms with van der Waals surface area (Å²) in [5.41, 5.74) is 9.40. The Labute approximate surface area is 282 Å². The largest absolute Gasteiger partial charge is 0.457 e. The molecule has 0 spiro atoms. The Hall–Kier alpha value is -5.81. The summed E-state index contributed by atoms with van der Waals surface area (Å²) < 4.78 is 8.80. The van der Waals surface area contributed by atoms with Gasteiger partial charge in [0, 0.05) is 52.9 Å². The molecule has 5 aromatic carbocycles. The van der Waals surface area contributed by atoms with Crippen LogP contribution in [0.4, 0.5) is 11.4 Å². The van der Waals surface area contributed by atoms with Crippen LogP contribution in [0.1, 0.15) is 31.9 Å². The molecule has 0 aliphatic carbocycles. The maximum atomic E-state index is 6.55. The maximum absolute atomic E-state index is 6.55. The molecule has 0 fully saturated rings. The summed E-state index contributed by atoms with van der Waals surface area (Å²) in [7, 11) is 0. The SMILES string of the molecule is Cc1ccc(-c2ccccc2)cc1N1C=CN(c2cccc(Oc3ccc4c5ccccc5n(-c5cc(C(C)(C)C)ccn5)c4c3)c2)C1. The number of hydrogen-bond acceptors (Lipinski definition) is 4. The number of ether oxygens (including phenoxy) is 1. The third-order valence-electron chi connectivity index (χ3n) is 9.23. The molecule has 1 aliphatic rings. The van der Waals surface area contributed by atoms with Crippen LogP contribution in [0.5, 0.6) is 11.5 Å². The van der Waals surface area contributed by atoms with Crippen molar-refractivity contribution >= 4 is 33.2 Å². The van der Waals surface area contributed by atoms with Gasteiger partial charge in [-0.15, -0.1) is 0 Å². The van der Waals surface area contributed by atoms with Crippen LogP contribution in [0.2, 0.25) is 0 Å². The molecular formula is C43H38N4O. The number of anilines is 2. The van der Waals surface area contributed by atoms with Crippen molar-refractivity contribution in [3.8, 4) is 28.4 Å². The predicted molar refractivity (Wildman–Crippen MR) is 199 cm³/mol. The van der Waals surface area contributed by atoms with Crippen LogP contribution >= 0.6 is 0 Å². The summed E-state index contributed by atoms with van der Waals surface area (Å²) in [6.07, 6.45) is 6.20. The number of pyridine rings is 1. The van der Waals surface area contributed by atoms with Crippen LogP contribution in [-0.2, 0) is 5.41 Å². The quantitative estimate of drug-likeness (QED) is 0.184. The van der Waals surface area contributed by atoms with Gasteiger partial charge in [-0.05, 0) is 83.1 Å². The second kappa shape index (κ2) is 11.8. The van der Waals surface area contributed by atoms with E-state index in [2.05, 4.69) is 176 Å². The van der Waals surface area contributed by atoms with E-state index in [-0.39, 0.29) is 5.41 Å². The normalized spacial score (nSPS) is 13.2. The van der Waals surface area contributed by atoms with Gasteiger partial charge in [0.25, 0.3) is 0 Å². The van der Waals surface area contributed by atoms with Gasteiger partial charge in [-0.2, -0.15) is 0 Å². The molecule has 7 aromatic rings. The fourth-order valence-corrected chi connectivity index (χ4v) is 6.60.